The first-order chi connectivity index (χ1) is 6.38. The molecule has 2 atom stereocenters. The topological polar surface area (TPSA) is 12.0 Å². The van der Waals surface area contributed by atoms with E-state index in [1.165, 1.54) is 23.1 Å². The van der Waals surface area contributed by atoms with Gasteiger partial charge in [-0.3, -0.25) is 0 Å². The lowest BCUT2D eigenvalue weighted by Gasteiger charge is -2.06. The fourth-order valence-electron chi connectivity index (χ4n) is 2.63. The summed E-state index contributed by atoms with van der Waals surface area (Å²) >= 11 is 3.62. The van der Waals surface area contributed by atoms with Crippen molar-refractivity contribution >= 4 is 15.9 Å². The third-order valence-electron chi connectivity index (χ3n) is 3.36. The molecule has 1 aliphatic carbocycles. The van der Waals surface area contributed by atoms with Crippen LogP contribution < -0.4 is 5.32 Å². The van der Waals surface area contributed by atoms with Gasteiger partial charge in [0.05, 0.1) is 0 Å². The smallest absolute Gasteiger partial charge is 0.0210 e. The molecule has 1 saturated carbocycles. The Morgan fingerprint density at radius 2 is 1.85 bits per heavy atom. The summed E-state index contributed by atoms with van der Waals surface area (Å²) in [5.74, 6) is 2.66. The van der Waals surface area contributed by atoms with Crippen molar-refractivity contribution in [3.8, 4) is 0 Å². The summed E-state index contributed by atoms with van der Waals surface area (Å²) in [7, 11) is 0. The minimum atomic E-state index is 0.830. The maximum Gasteiger partial charge on any atom is 0.0210 e. The van der Waals surface area contributed by atoms with Crippen molar-refractivity contribution in [3.63, 3.8) is 0 Å². The molecule has 2 heteroatoms. The second-order valence-electron chi connectivity index (χ2n) is 4.03. The largest absolute Gasteiger partial charge is 0.316 e. The van der Waals surface area contributed by atoms with E-state index in [9.17, 15) is 0 Å². The van der Waals surface area contributed by atoms with Gasteiger partial charge in [0, 0.05) is 4.47 Å². The molecule has 3 rings (SSSR count). The van der Waals surface area contributed by atoms with Crippen LogP contribution in [0, 0.1) is 11.8 Å². The van der Waals surface area contributed by atoms with Gasteiger partial charge < -0.3 is 5.32 Å². The van der Waals surface area contributed by atoms with Crippen molar-refractivity contribution < 1.29 is 0 Å². The highest BCUT2D eigenvalue weighted by atomic mass is 79.9. The Labute approximate surface area is 86.7 Å². The van der Waals surface area contributed by atoms with Gasteiger partial charge in [-0.1, -0.05) is 34.1 Å². The Kier molecular flexibility index (Phi) is 1.74. The molecule has 2 fully saturated rings. The van der Waals surface area contributed by atoms with E-state index < -0.39 is 0 Å². The van der Waals surface area contributed by atoms with Crippen LogP contribution in [0.3, 0.4) is 0 Å². The maximum atomic E-state index is 3.62. The molecule has 0 radical (unpaired) electrons. The first-order valence-corrected chi connectivity index (χ1v) is 5.62. The van der Waals surface area contributed by atoms with Gasteiger partial charge in [0.2, 0.25) is 0 Å². The van der Waals surface area contributed by atoms with Crippen molar-refractivity contribution in [2.24, 2.45) is 11.8 Å². The number of hydrogen-bond acceptors (Lipinski definition) is 1. The lowest BCUT2D eigenvalue weighted by atomic mass is 10.1. The first-order valence-electron chi connectivity index (χ1n) is 4.83. The average Bonchev–Trinajstić information content (AvgIpc) is 2.61. The second kappa shape index (κ2) is 2.82. The standard InChI is InChI=1S/C11H12BrN/c12-10-4-2-1-3-7(10)11-8-5-13-6-9(8)11/h1-4,8-9,11,13H,5-6H2. The number of piperidine rings is 1. The monoisotopic (exact) mass is 237 g/mol. The van der Waals surface area contributed by atoms with Crippen LogP contribution in [0.15, 0.2) is 28.7 Å². The Balaban J connectivity index is 1.91. The van der Waals surface area contributed by atoms with E-state index in [1.54, 1.807) is 0 Å². The van der Waals surface area contributed by atoms with Crippen LogP contribution in [0.2, 0.25) is 0 Å². The summed E-state index contributed by atoms with van der Waals surface area (Å²) in [5, 5.41) is 3.43. The highest BCUT2D eigenvalue weighted by Crippen LogP contribution is 2.57. The molecule has 1 nitrogen and oxygen atoms in total. The minimum Gasteiger partial charge on any atom is -0.316 e. The molecule has 1 aromatic carbocycles. The average molecular weight is 238 g/mol. The molecule has 2 aliphatic rings. The van der Waals surface area contributed by atoms with Gasteiger partial charge in [-0.2, -0.15) is 0 Å². The van der Waals surface area contributed by atoms with Crippen molar-refractivity contribution in [2.75, 3.05) is 13.1 Å². The van der Waals surface area contributed by atoms with Crippen LogP contribution in [-0.4, -0.2) is 13.1 Å². The minimum absolute atomic E-state index is 0.830. The summed E-state index contributed by atoms with van der Waals surface area (Å²) in [6, 6.07) is 8.63. The zero-order chi connectivity index (χ0) is 8.84. The van der Waals surface area contributed by atoms with Crippen LogP contribution >= 0.6 is 15.9 Å². The van der Waals surface area contributed by atoms with Gasteiger partial charge in [-0.25, -0.2) is 0 Å². The number of nitrogens with one attached hydrogen (secondary N) is 1. The molecule has 0 spiro atoms. The molecule has 13 heavy (non-hydrogen) atoms. The van der Waals surface area contributed by atoms with Crippen LogP contribution in [0.25, 0.3) is 0 Å². The van der Waals surface area contributed by atoms with Crippen LogP contribution in [0.1, 0.15) is 11.5 Å². The SMILES string of the molecule is Brc1ccccc1C1C2CNCC21. The van der Waals surface area contributed by atoms with Gasteiger partial charge in [-0.15, -0.1) is 0 Å². The van der Waals surface area contributed by atoms with Gasteiger partial charge in [-0.05, 0) is 42.5 Å². The first kappa shape index (κ1) is 8.01. The molecular weight excluding hydrogens is 226 g/mol. The molecule has 0 aromatic heterocycles. The highest BCUT2D eigenvalue weighted by Gasteiger charge is 2.53. The zero-order valence-corrected chi connectivity index (χ0v) is 8.92. The molecule has 2 unspecified atom stereocenters. The van der Waals surface area contributed by atoms with Gasteiger partial charge in [0.1, 0.15) is 0 Å². The molecule has 0 amide bonds. The fourth-order valence-corrected chi connectivity index (χ4v) is 3.17. The predicted molar refractivity (Wildman–Crippen MR) is 56.7 cm³/mol. The van der Waals surface area contributed by atoms with Crippen LogP contribution in [-0.2, 0) is 0 Å². The summed E-state index contributed by atoms with van der Waals surface area (Å²) in [4.78, 5) is 0. The van der Waals surface area contributed by atoms with Crippen LogP contribution in [0.4, 0.5) is 0 Å². The van der Waals surface area contributed by atoms with Gasteiger partial charge >= 0.3 is 0 Å². The number of halogens is 1. The maximum absolute atomic E-state index is 3.62. The van der Waals surface area contributed by atoms with Crippen molar-refractivity contribution in [3.05, 3.63) is 34.3 Å². The van der Waals surface area contributed by atoms with E-state index in [-0.39, 0.29) is 0 Å². The lowest BCUT2D eigenvalue weighted by Crippen LogP contribution is -2.14. The lowest BCUT2D eigenvalue weighted by molar-refractivity contribution is 0.683. The van der Waals surface area contributed by atoms with Crippen molar-refractivity contribution in [1.29, 1.82) is 0 Å². The third kappa shape index (κ3) is 1.16. The number of rotatable bonds is 1. The molecule has 1 heterocycles. The van der Waals surface area contributed by atoms with Crippen LogP contribution in [0.5, 0.6) is 0 Å². The summed E-state index contributed by atoms with van der Waals surface area (Å²) in [5.41, 5.74) is 1.51. The highest BCUT2D eigenvalue weighted by molar-refractivity contribution is 9.10. The Morgan fingerprint density at radius 3 is 2.54 bits per heavy atom. The van der Waals surface area contributed by atoms with Crippen molar-refractivity contribution in [2.45, 2.75) is 5.92 Å². The molecule has 1 saturated heterocycles. The Morgan fingerprint density at radius 1 is 1.15 bits per heavy atom. The van der Waals surface area contributed by atoms with E-state index in [4.69, 9.17) is 0 Å². The van der Waals surface area contributed by atoms with Crippen molar-refractivity contribution in [1.82, 2.24) is 5.32 Å². The normalized spacial score (nSPS) is 35.9. The van der Waals surface area contributed by atoms with E-state index >= 15 is 0 Å². The Bertz CT molecular complexity index is 327. The zero-order valence-electron chi connectivity index (χ0n) is 7.33. The molecule has 68 valence electrons. The fraction of sp³-hybridized carbons (Fsp3) is 0.455. The summed E-state index contributed by atoms with van der Waals surface area (Å²) in [6.45, 7) is 2.44. The number of hydrogen-bond donors (Lipinski definition) is 1. The molecule has 1 aromatic rings. The molecule has 1 N–H and O–H groups in total. The third-order valence-corrected chi connectivity index (χ3v) is 4.08. The number of benzene rings is 1. The van der Waals surface area contributed by atoms with E-state index in [1.807, 2.05) is 0 Å². The Hall–Kier alpha value is -0.340. The summed E-state index contributed by atoms with van der Waals surface area (Å²) in [6.07, 6.45) is 0. The van der Waals surface area contributed by atoms with E-state index in [0.717, 1.165) is 17.8 Å². The predicted octanol–water partition coefficient (Wildman–Crippen LogP) is 2.38. The van der Waals surface area contributed by atoms with E-state index in [0.29, 0.717) is 0 Å². The van der Waals surface area contributed by atoms with E-state index in [2.05, 4.69) is 45.5 Å². The number of fused-ring (bicyclic) bond motifs is 1. The molecule has 1 aliphatic heterocycles. The molecular formula is C11H12BrN. The van der Waals surface area contributed by atoms with Gasteiger partial charge in [0.15, 0.2) is 0 Å². The van der Waals surface area contributed by atoms with Gasteiger partial charge in [0.25, 0.3) is 0 Å². The second-order valence-corrected chi connectivity index (χ2v) is 4.89. The molecule has 0 bridgehead atoms. The summed E-state index contributed by atoms with van der Waals surface area (Å²) < 4.78 is 1.29. The quantitative estimate of drug-likeness (QED) is 0.792.